The van der Waals surface area contributed by atoms with Gasteiger partial charge in [-0.1, -0.05) is 140 Å². The third-order valence-electron chi connectivity index (χ3n) is 9.59. The van der Waals surface area contributed by atoms with Gasteiger partial charge in [-0.15, -0.1) is 0 Å². The zero-order valence-electron chi connectivity index (χ0n) is 27.5. The van der Waals surface area contributed by atoms with Crippen molar-refractivity contribution in [1.82, 2.24) is 4.57 Å². The molecule has 0 aliphatic carbocycles. The molecular formula is C48H34N2. The van der Waals surface area contributed by atoms with Gasteiger partial charge in [0.2, 0.25) is 0 Å². The van der Waals surface area contributed by atoms with Gasteiger partial charge in [-0.25, -0.2) is 0 Å². The van der Waals surface area contributed by atoms with Crippen LogP contribution >= 0.6 is 0 Å². The quantitative estimate of drug-likeness (QED) is 0.184. The van der Waals surface area contributed by atoms with E-state index >= 15 is 0 Å². The summed E-state index contributed by atoms with van der Waals surface area (Å²) in [5, 5.41) is 6.24. The highest BCUT2D eigenvalue weighted by atomic mass is 15.0. The van der Waals surface area contributed by atoms with Crippen LogP contribution in [-0.4, -0.2) is 4.57 Å². The Labute approximate surface area is 292 Å². The van der Waals surface area contributed by atoms with Crippen LogP contribution in [0, 0.1) is 0 Å². The number of anilines is 2. The molecule has 9 rings (SSSR count). The van der Waals surface area contributed by atoms with E-state index in [4.69, 9.17) is 0 Å². The maximum atomic E-state index is 3.74. The Morgan fingerprint density at radius 2 is 0.840 bits per heavy atom. The number of hydrogen-bond donors (Lipinski definition) is 1. The smallest absolute Gasteiger partial charge is 0.0541 e. The van der Waals surface area contributed by atoms with Crippen molar-refractivity contribution in [2.45, 2.75) is 0 Å². The summed E-state index contributed by atoms with van der Waals surface area (Å²) in [5.74, 6) is 0. The van der Waals surface area contributed by atoms with E-state index in [1.165, 1.54) is 66.4 Å². The van der Waals surface area contributed by atoms with E-state index in [0.717, 1.165) is 16.9 Å². The molecule has 0 aliphatic heterocycles. The minimum absolute atomic E-state index is 1.05. The number of hydrogen-bond acceptors (Lipinski definition) is 1. The van der Waals surface area contributed by atoms with Crippen LogP contribution in [0.2, 0.25) is 0 Å². The summed E-state index contributed by atoms with van der Waals surface area (Å²) in [6.45, 7) is 0. The number of rotatable bonds is 7. The molecule has 0 spiro atoms. The Morgan fingerprint density at radius 3 is 1.58 bits per heavy atom. The Kier molecular flexibility index (Phi) is 7.53. The van der Waals surface area contributed by atoms with Crippen LogP contribution in [-0.2, 0) is 0 Å². The van der Waals surface area contributed by atoms with Crippen LogP contribution in [0.4, 0.5) is 11.4 Å². The number of benzene rings is 8. The largest absolute Gasteiger partial charge is 0.355 e. The van der Waals surface area contributed by atoms with Gasteiger partial charge in [-0.3, -0.25) is 0 Å². The molecule has 0 saturated heterocycles. The molecule has 9 aromatic rings. The first-order valence-electron chi connectivity index (χ1n) is 17.1. The molecule has 2 nitrogen and oxygen atoms in total. The molecule has 0 unspecified atom stereocenters. The Morgan fingerprint density at radius 1 is 0.320 bits per heavy atom. The van der Waals surface area contributed by atoms with Crippen LogP contribution in [0.15, 0.2) is 200 Å². The average Bonchev–Trinajstić information content (AvgIpc) is 3.53. The lowest BCUT2D eigenvalue weighted by Gasteiger charge is -2.15. The van der Waals surface area contributed by atoms with Gasteiger partial charge in [-0.05, 0) is 99.6 Å². The first-order valence-corrected chi connectivity index (χ1v) is 17.1. The minimum Gasteiger partial charge on any atom is -0.355 e. The van der Waals surface area contributed by atoms with Crippen LogP contribution < -0.4 is 5.32 Å². The van der Waals surface area contributed by atoms with Crippen molar-refractivity contribution in [3.8, 4) is 50.2 Å². The van der Waals surface area contributed by atoms with Crippen LogP contribution in [0.3, 0.4) is 0 Å². The van der Waals surface area contributed by atoms with Gasteiger partial charge >= 0.3 is 0 Å². The molecule has 0 amide bonds. The monoisotopic (exact) mass is 638 g/mol. The predicted octanol–water partition coefficient (Wildman–Crippen LogP) is 13.2. The number of aromatic nitrogens is 1. The highest BCUT2D eigenvalue weighted by molar-refractivity contribution is 6.10. The SMILES string of the molecule is c1ccc(-c2cccc(-c3ccc(Nc4ccc(-c5ccc6c(c5)c5ccccc5n6-c5ccccc5)cc4-c4ccccc4)cc3)c2)cc1. The lowest BCUT2D eigenvalue weighted by Crippen LogP contribution is -1.95. The Hall–Kier alpha value is -6.64. The van der Waals surface area contributed by atoms with Gasteiger partial charge < -0.3 is 9.88 Å². The van der Waals surface area contributed by atoms with Crippen LogP contribution in [0.25, 0.3) is 72.0 Å². The van der Waals surface area contributed by atoms with E-state index in [2.05, 4.69) is 210 Å². The maximum Gasteiger partial charge on any atom is 0.0541 e. The lowest BCUT2D eigenvalue weighted by molar-refractivity contribution is 1.18. The summed E-state index contributed by atoms with van der Waals surface area (Å²) >= 11 is 0. The zero-order valence-corrected chi connectivity index (χ0v) is 27.5. The van der Waals surface area contributed by atoms with E-state index in [9.17, 15) is 0 Å². The van der Waals surface area contributed by atoms with Crippen molar-refractivity contribution >= 4 is 33.2 Å². The van der Waals surface area contributed by atoms with Crippen molar-refractivity contribution in [3.63, 3.8) is 0 Å². The highest BCUT2D eigenvalue weighted by Gasteiger charge is 2.14. The van der Waals surface area contributed by atoms with Gasteiger partial charge in [0, 0.05) is 33.4 Å². The first-order chi connectivity index (χ1) is 24.8. The fourth-order valence-electron chi connectivity index (χ4n) is 7.11. The second kappa shape index (κ2) is 12.8. The standard InChI is InChI=1S/C48H34N2/c1-4-13-34(14-5-1)37-17-12-18-38(31-37)35-23-27-41(28-24-35)49-46-29-25-39(32-44(46)36-15-6-2-7-16-36)40-26-30-48-45(33-40)43-21-10-11-22-47(43)50(48)42-19-8-3-9-20-42/h1-33,49H. The molecule has 0 radical (unpaired) electrons. The molecule has 236 valence electrons. The maximum absolute atomic E-state index is 3.74. The van der Waals surface area contributed by atoms with Gasteiger partial charge in [0.25, 0.3) is 0 Å². The lowest BCUT2D eigenvalue weighted by atomic mass is 9.96. The van der Waals surface area contributed by atoms with Crippen molar-refractivity contribution < 1.29 is 0 Å². The molecule has 50 heavy (non-hydrogen) atoms. The van der Waals surface area contributed by atoms with E-state index in [0.29, 0.717) is 0 Å². The van der Waals surface area contributed by atoms with E-state index < -0.39 is 0 Å². The summed E-state index contributed by atoms with van der Waals surface area (Å²) in [5.41, 5.74) is 15.3. The second-order valence-electron chi connectivity index (χ2n) is 12.7. The predicted molar refractivity (Wildman–Crippen MR) is 212 cm³/mol. The van der Waals surface area contributed by atoms with Gasteiger partial charge in [0.15, 0.2) is 0 Å². The molecule has 0 atom stereocenters. The molecule has 8 aromatic carbocycles. The van der Waals surface area contributed by atoms with Crippen LogP contribution in [0.1, 0.15) is 0 Å². The summed E-state index contributed by atoms with van der Waals surface area (Å²) < 4.78 is 2.36. The summed E-state index contributed by atoms with van der Waals surface area (Å²) in [7, 11) is 0. The molecule has 2 heteroatoms. The highest BCUT2D eigenvalue weighted by Crippen LogP contribution is 2.38. The van der Waals surface area contributed by atoms with E-state index in [-0.39, 0.29) is 0 Å². The number of fused-ring (bicyclic) bond motifs is 3. The Bertz CT molecular complexity index is 2580. The molecule has 0 saturated carbocycles. The first kappa shape index (κ1) is 29.5. The molecule has 1 aromatic heterocycles. The normalized spacial score (nSPS) is 11.2. The van der Waals surface area contributed by atoms with E-state index in [1.807, 2.05) is 0 Å². The summed E-state index contributed by atoms with van der Waals surface area (Å²) in [6, 6.07) is 71.6. The molecule has 0 fully saturated rings. The third kappa shape index (κ3) is 5.53. The van der Waals surface area contributed by atoms with Crippen molar-refractivity contribution in [3.05, 3.63) is 200 Å². The molecule has 0 bridgehead atoms. The van der Waals surface area contributed by atoms with Crippen molar-refractivity contribution in [2.24, 2.45) is 0 Å². The molecule has 1 heterocycles. The molecule has 1 N–H and O–H groups in total. The zero-order chi connectivity index (χ0) is 33.3. The number of nitrogens with zero attached hydrogens (tertiary/aromatic N) is 1. The Balaban J connectivity index is 1.07. The molecular weight excluding hydrogens is 605 g/mol. The van der Waals surface area contributed by atoms with Crippen LogP contribution in [0.5, 0.6) is 0 Å². The molecule has 0 aliphatic rings. The average molecular weight is 639 g/mol. The minimum atomic E-state index is 1.05. The topological polar surface area (TPSA) is 17.0 Å². The van der Waals surface area contributed by atoms with Crippen molar-refractivity contribution in [2.75, 3.05) is 5.32 Å². The number of para-hydroxylation sites is 2. The van der Waals surface area contributed by atoms with Gasteiger partial charge in [0.05, 0.1) is 11.0 Å². The number of nitrogens with one attached hydrogen (secondary N) is 1. The summed E-state index contributed by atoms with van der Waals surface area (Å²) in [6.07, 6.45) is 0. The van der Waals surface area contributed by atoms with Crippen molar-refractivity contribution in [1.29, 1.82) is 0 Å². The van der Waals surface area contributed by atoms with E-state index in [1.54, 1.807) is 0 Å². The fraction of sp³-hybridized carbons (Fsp3) is 0. The summed E-state index contributed by atoms with van der Waals surface area (Å²) in [4.78, 5) is 0. The third-order valence-corrected chi connectivity index (χ3v) is 9.59. The fourth-order valence-corrected chi connectivity index (χ4v) is 7.11. The van der Waals surface area contributed by atoms with Gasteiger partial charge in [0.1, 0.15) is 0 Å². The van der Waals surface area contributed by atoms with Gasteiger partial charge in [-0.2, -0.15) is 0 Å². The second-order valence-corrected chi connectivity index (χ2v) is 12.7.